The van der Waals surface area contributed by atoms with Crippen LogP contribution in [-0.2, 0) is 4.79 Å². The molecule has 0 spiro atoms. The number of carbonyl (C=O) groups is 1. The van der Waals surface area contributed by atoms with Gasteiger partial charge in [-0.05, 0) is 53.3 Å². The van der Waals surface area contributed by atoms with Crippen molar-refractivity contribution in [2.24, 2.45) is 0 Å². The molecular weight excluding hydrogens is 350 g/mol. The first-order valence-corrected chi connectivity index (χ1v) is 8.55. The molecule has 1 fully saturated rings. The summed E-state index contributed by atoms with van der Waals surface area (Å²) in [5.74, 6) is 0.545. The van der Waals surface area contributed by atoms with Crippen LogP contribution in [0.4, 0.5) is 0 Å². The zero-order valence-electron chi connectivity index (χ0n) is 12.6. The fraction of sp³-hybridized carbons (Fsp3) is 0.150. The third-order valence-corrected chi connectivity index (χ3v) is 5.06. The Hall–Kier alpha value is -2.13. The molecule has 1 heterocycles. The highest BCUT2D eigenvalue weighted by Gasteiger charge is 2.29. The smallest absolute Gasteiger partial charge is 0.159 e. The first-order valence-electron chi connectivity index (χ1n) is 7.76. The molecule has 3 aromatic rings. The molecule has 1 aromatic heterocycles. The number of H-pyrrole nitrogens is 1. The van der Waals surface area contributed by atoms with Gasteiger partial charge in [0.05, 0.1) is 0 Å². The van der Waals surface area contributed by atoms with Crippen molar-refractivity contribution in [2.75, 3.05) is 0 Å². The Bertz CT molecular complexity index is 905. The van der Waals surface area contributed by atoms with E-state index in [1.54, 1.807) is 0 Å². The second-order valence-electron chi connectivity index (χ2n) is 6.04. The number of nitrogens with one attached hydrogen (secondary N) is 1. The molecule has 2 aromatic carbocycles. The van der Waals surface area contributed by atoms with Gasteiger partial charge >= 0.3 is 0 Å². The summed E-state index contributed by atoms with van der Waals surface area (Å²) in [6.45, 7) is 0. The SMILES string of the molecule is O=C1C[C@@H](c2c[nH]c3ccccc23)C/C1=C\c1ccc(Br)cc1. The highest BCUT2D eigenvalue weighted by molar-refractivity contribution is 9.10. The molecule has 1 saturated carbocycles. The second kappa shape index (κ2) is 5.82. The first kappa shape index (κ1) is 14.5. The molecular formula is C20H16BrNO. The van der Waals surface area contributed by atoms with Crippen molar-refractivity contribution in [1.29, 1.82) is 0 Å². The third kappa shape index (κ3) is 2.77. The van der Waals surface area contributed by atoms with Gasteiger partial charge < -0.3 is 4.98 Å². The summed E-state index contributed by atoms with van der Waals surface area (Å²) in [5, 5.41) is 1.23. The number of carbonyl (C=O) groups excluding carboxylic acids is 1. The molecule has 114 valence electrons. The molecule has 0 unspecified atom stereocenters. The number of para-hydroxylation sites is 1. The van der Waals surface area contributed by atoms with Crippen molar-refractivity contribution >= 4 is 38.7 Å². The van der Waals surface area contributed by atoms with Gasteiger partial charge in [0, 0.05) is 28.0 Å². The minimum Gasteiger partial charge on any atom is -0.361 e. The van der Waals surface area contributed by atoms with Crippen LogP contribution in [-0.4, -0.2) is 10.8 Å². The molecule has 1 aliphatic carbocycles. The zero-order chi connectivity index (χ0) is 15.8. The van der Waals surface area contributed by atoms with E-state index in [1.165, 1.54) is 10.9 Å². The van der Waals surface area contributed by atoms with Gasteiger partial charge in [-0.3, -0.25) is 4.79 Å². The van der Waals surface area contributed by atoms with E-state index >= 15 is 0 Å². The van der Waals surface area contributed by atoms with E-state index in [2.05, 4.69) is 45.3 Å². The van der Waals surface area contributed by atoms with Crippen LogP contribution in [0.25, 0.3) is 17.0 Å². The standard InChI is InChI=1S/C20H16BrNO/c21-16-7-5-13(6-8-16)9-15-10-14(11-20(15)23)18-12-22-19-4-2-1-3-17(18)19/h1-9,12,14,22H,10-11H2/b15-9+/t14-/m0/s1. The summed E-state index contributed by atoms with van der Waals surface area (Å²) in [6.07, 6.45) is 5.51. The summed E-state index contributed by atoms with van der Waals surface area (Å²) in [6, 6.07) is 16.4. The lowest BCUT2D eigenvalue weighted by molar-refractivity contribution is -0.114. The third-order valence-electron chi connectivity index (χ3n) is 4.53. The molecule has 0 saturated heterocycles. The maximum absolute atomic E-state index is 12.4. The first-order chi connectivity index (χ1) is 11.2. The Morgan fingerprint density at radius 3 is 2.65 bits per heavy atom. The average molecular weight is 366 g/mol. The van der Waals surface area contributed by atoms with Gasteiger partial charge in [0.25, 0.3) is 0 Å². The van der Waals surface area contributed by atoms with E-state index in [-0.39, 0.29) is 11.7 Å². The van der Waals surface area contributed by atoms with Crippen LogP contribution in [0.3, 0.4) is 0 Å². The van der Waals surface area contributed by atoms with Crippen LogP contribution in [0, 0.1) is 0 Å². The monoisotopic (exact) mass is 365 g/mol. The Morgan fingerprint density at radius 2 is 1.83 bits per heavy atom. The van der Waals surface area contributed by atoms with Crippen LogP contribution in [0.15, 0.2) is 64.8 Å². The van der Waals surface area contributed by atoms with Gasteiger partial charge in [0.15, 0.2) is 5.78 Å². The van der Waals surface area contributed by atoms with Crippen molar-refractivity contribution < 1.29 is 4.79 Å². The predicted octanol–water partition coefficient (Wildman–Crippen LogP) is 5.46. The van der Waals surface area contributed by atoms with E-state index in [9.17, 15) is 4.79 Å². The number of hydrogen-bond donors (Lipinski definition) is 1. The second-order valence-corrected chi connectivity index (χ2v) is 6.95. The molecule has 0 bridgehead atoms. The zero-order valence-corrected chi connectivity index (χ0v) is 14.1. The Morgan fingerprint density at radius 1 is 1.04 bits per heavy atom. The summed E-state index contributed by atoms with van der Waals surface area (Å²) in [5.41, 5.74) is 4.41. The van der Waals surface area contributed by atoms with E-state index < -0.39 is 0 Å². The summed E-state index contributed by atoms with van der Waals surface area (Å²) < 4.78 is 1.05. The molecule has 1 N–H and O–H groups in total. The van der Waals surface area contributed by atoms with Crippen molar-refractivity contribution in [3.63, 3.8) is 0 Å². The maximum Gasteiger partial charge on any atom is 0.159 e. The van der Waals surface area contributed by atoms with Gasteiger partial charge in [-0.15, -0.1) is 0 Å². The van der Waals surface area contributed by atoms with Gasteiger partial charge in [0.2, 0.25) is 0 Å². The van der Waals surface area contributed by atoms with E-state index in [4.69, 9.17) is 0 Å². The largest absolute Gasteiger partial charge is 0.361 e. The highest BCUT2D eigenvalue weighted by Crippen LogP contribution is 2.39. The number of Topliss-reactive ketones (excluding diaryl/α,β-unsaturated/α-hetero) is 1. The molecule has 0 radical (unpaired) electrons. The Balaban J connectivity index is 1.64. The lowest BCUT2D eigenvalue weighted by Gasteiger charge is -2.06. The molecule has 3 heteroatoms. The number of aromatic amines is 1. The minimum atomic E-state index is 0.267. The highest BCUT2D eigenvalue weighted by atomic mass is 79.9. The van der Waals surface area contributed by atoms with Crippen LogP contribution >= 0.6 is 15.9 Å². The van der Waals surface area contributed by atoms with Crippen molar-refractivity contribution in [2.45, 2.75) is 18.8 Å². The van der Waals surface area contributed by atoms with E-state index in [0.29, 0.717) is 6.42 Å². The number of aromatic nitrogens is 1. The minimum absolute atomic E-state index is 0.267. The predicted molar refractivity (Wildman–Crippen MR) is 97.4 cm³/mol. The number of hydrogen-bond acceptors (Lipinski definition) is 1. The lowest BCUT2D eigenvalue weighted by atomic mass is 9.96. The molecule has 1 atom stereocenters. The molecule has 1 aliphatic rings. The van der Waals surface area contributed by atoms with Crippen LogP contribution in [0.1, 0.15) is 29.9 Å². The maximum atomic E-state index is 12.4. The van der Waals surface area contributed by atoms with Gasteiger partial charge in [0.1, 0.15) is 0 Å². The molecule has 2 nitrogen and oxygen atoms in total. The Kier molecular flexibility index (Phi) is 3.66. The molecule has 0 amide bonds. The summed E-state index contributed by atoms with van der Waals surface area (Å²) >= 11 is 3.44. The van der Waals surface area contributed by atoms with Crippen LogP contribution < -0.4 is 0 Å². The van der Waals surface area contributed by atoms with Crippen molar-refractivity contribution in [3.8, 4) is 0 Å². The van der Waals surface area contributed by atoms with E-state index in [0.717, 1.165) is 27.5 Å². The number of benzene rings is 2. The topological polar surface area (TPSA) is 32.9 Å². The average Bonchev–Trinajstić information content (AvgIpc) is 3.13. The quantitative estimate of drug-likeness (QED) is 0.600. The van der Waals surface area contributed by atoms with Gasteiger partial charge in [-0.1, -0.05) is 46.3 Å². The number of allylic oxidation sites excluding steroid dienone is 1. The van der Waals surface area contributed by atoms with Crippen LogP contribution in [0.5, 0.6) is 0 Å². The number of rotatable bonds is 2. The molecule has 0 aliphatic heterocycles. The molecule has 23 heavy (non-hydrogen) atoms. The fourth-order valence-electron chi connectivity index (χ4n) is 3.36. The van der Waals surface area contributed by atoms with E-state index in [1.807, 2.05) is 36.4 Å². The Labute approximate surface area is 143 Å². The van der Waals surface area contributed by atoms with Crippen molar-refractivity contribution in [3.05, 3.63) is 75.9 Å². The lowest BCUT2D eigenvalue weighted by Crippen LogP contribution is -1.93. The van der Waals surface area contributed by atoms with Gasteiger partial charge in [-0.2, -0.15) is 0 Å². The summed E-state index contributed by atoms with van der Waals surface area (Å²) in [7, 11) is 0. The normalized spacial score (nSPS) is 19.8. The number of ketones is 1. The number of halogens is 1. The van der Waals surface area contributed by atoms with Gasteiger partial charge in [-0.25, -0.2) is 0 Å². The van der Waals surface area contributed by atoms with Crippen molar-refractivity contribution in [1.82, 2.24) is 4.98 Å². The summed E-state index contributed by atoms with van der Waals surface area (Å²) in [4.78, 5) is 15.7. The molecule has 4 rings (SSSR count). The number of fused-ring (bicyclic) bond motifs is 1. The van der Waals surface area contributed by atoms with Crippen LogP contribution in [0.2, 0.25) is 0 Å². The fourth-order valence-corrected chi connectivity index (χ4v) is 3.62.